The highest BCUT2D eigenvalue weighted by Crippen LogP contribution is 2.40. The van der Waals surface area contributed by atoms with Crippen LogP contribution < -0.4 is 10.5 Å². The number of nitrogens with two attached hydrogens (primary N) is 1. The van der Waals surface area contributed by atoms with Gasteiger partial charge in [-0.25, -0.2) is 0 Å². The maximum absolute atomic E-state index is 5.83. The van der Waals surface area contributed by atoms with E-state index in [1.165, 1.54) is 11.1 Å². The summed E-state index contributed by atoms with van der Waals surface area (Å²) in [5.74, 6) is 1.58. The molecule has 76 valence electrons. The molecule has 1 fully saturated rings. The van der Waals surface area contributed by atoms with Gasteiger partial charge in [0.25, 0.3) is 0 Å². The van der Waals surface area contributed by atoms with E-state index in [0.717, 1.165) is 18.6 Å². The molecule has 2 atom stereocenters. The van der Waals surface area contributed by atoms with Gasteiger partial charge in [0.15, 0.2) is 0 Å². The van der Waals surface area contributed by atoms with Crippen molar-refractivity contribution in [3.8, 4) is 5.75 Å². The van der Waals surface area contributed by atoms with E-state index in [1.54, 1.807) is 7.11 Å². The molecule has 2 rings (SSSR count). The average Bonchev–Trinajstić information content (AvgIpc) is 2.94. The number of ether oxygens (including phenoxy) is 1. The molecule has 14 heavy (non-hydrogen) atoms. The lowest BCUT2D eigenvalue weighted by Gasteiger charge is -2.08. The zero-order valence-corrected chi connectivity index (χ0v) is 8.79. The molecule has 0 spiro atoms. The molecule has 0 aliphatic heterocycles. The van der Waals surface area contributed by atoms with Gasteiger partial charge >= 0.3 is 0 Å². The normalized spacial score (nSPS) is 24.8. The van der Waals surface area contributed by atoms with Crippen LogP contribution in [0.3, 0.4) is 0 Å². The first kappa shape index (κ1) is 9.53. The van der Waals surface area contributed by atoms with Gasteiger partial charge in [0.1, 0.15) is 5.75 Å². The topological polar surface area (TPSA) is 35.2 Å². The minimum Gasteiger partial charge on any atom is -0.496 e. The second kappa shape index (κ2) is 3.62. The summed E-state index contributed by atoms with van der Waals surface area (Å²) < 4.78 is 5.29. The van der Waals surface area contributed by atoms with Crippen molar-refractivity contribution in [2.75, 3.05) is 7.11 Å². The second-order valence-electron chi connectivity index (χ2n) is 3.93. The third kappa shape index (κ3) is 1.62. The molecule has 0 radical (unpaired) electrons. The standard InChI is InChI=1S/C12H17NO/c1-3-8-6-9(10-7-11(10)13)4-5-12(8)14-2/h4-6,10-11H,3,7,13H2,1-2H3. The van der Waals surface area contributed by atoms with Crippen molar-refractivity contribution in [2.45, 2.75) is 31.7 Å². The highest BCUT2D eigenvalue weighted by Gasteiger charge is 2.34. The first-order valence-electron chi connectivity index (χ1n) is 5.18. The van der Waals surface area contributed by atoms with Crippen molar-refractivity contribution >= 4 is 0 Å². The first-order chi connectivity index (χ1) is 6.76. The zero-order chi connectivity index (χ0) is 10.1. The molecule has 0 bridgehead atoms. The average molecular weight is 191 g/mol. The van der Waals surface area contributed by atoms with Gasteiger partial charge in [0.05, 0.1) is 7.11 Å². The fraction of sp³-hybridized carbons (Fsp3) is 0.500. The fourth-order valence-electron chi connectivity index (χ4n) is 1.90. The van der Waals surface area contributed by atoms with Crippen LogP contribution >= 0.6 is 0 Å². The van der Waals surface area contributed by atoms with Gasteiger partial charge in [-0.2, -0.15) is 0 Å². The predicted molar refractivity (Wildman–Crippen MR) is 57.7 cm³/mol. The summed E-state index contributed by atoms with van der Waals surface area (Å²) in [5.41, 5.74) is 8.48. The lowest BCUT2D eigenvalue weighted by atomic mass is 10.0. The van der Waals surface area contributed by atoms with Crippen molar-refractivity contribution in [3.05, 3.63) is 29.3 Å². The lowest BCUT2D eigenvalue weighted by Crippen LogP contribution is -2.01. The Morgan fingerprint density at radius 1 is 1.50 bits per heavy atom. The quantitative estimate of drug-likeness (QED) is 0.793. The van der Waals surface area contributed by atoms with Crippen molar-refractivity contribution in [1.29, 1.82) is 0 Å². The summed E-state index contributed by atoms with van der Waals surface area (Å²) in [6, 6.07) is 6.80. The SMILES string of the molecule is CCc1cc(C2CC2N)ccc1OC. The second-order valence-corrected chi connectivity index (χ2v) is 3.93. The molecule has 0 amide bonds. The smallest absolute Gasteiger partial charge is 0.122 e. The summed E-state index contributed by atoms with van der Waals surface area (Å²) in [6.45, 7) is 2.15. The maximum Gasteiger partial charge on any atom is 0.122 e. The molecule has 0 saturated heterocycles. The van der Waals surface area contributed by atoms with Crippen molar-refractivity contribution in [2.24, 2.45) is 5.73 Å². The molecular weight excluding hydrogens is 174 g/mol. The van der Waals surface area contributed by atoms with Gasteiger partial charge in [0, 0.05) is 12.0 Å². The number of rotatable bonds is 3. The van der Waals surface area contributed by atoms with Crippen LogP contribution in [-0.2, 0) is 6.42 Å². The van der Waals surface area contributed by atoms with Gasteiger partial charge in [-0.1, -0.05) is 19.1 Å². The minimum absolute atomic E-state index is 0.383. The summed E-state index contributed by atoms with van der Waals surface area (Å²) in [7, 11) is 1.72. The third-order valence-electron chi connectivity index (χ3n) is 2.95. The molecule has 1 saturated carbocycles. The minimum atomic E-state index is 0.383. The number of hydrogen-bond donors (Lipinski definition) is 1. The Balaban J connectivity index is 2.27. The molecule has 0 heterocycles. The summed E-state index contributed by atoms with van der Waals surface area (Å²) in [4.78, 5) is 0. The van der Waals surface area contributed by atoms with Gasteiger partial charge in [-0.3, -0.25) is 0 Å². The highest BCUT2D eigenvalue weighted by molar-refractivity contribution is 5.40. The van der Waals surface area contributed by atoms with E-state index in [1.807, 2.05) is 0 Å². The van der Waals surface area contributed by atoms with Crippen LogP contribution in [0, 0.1) is 0 Å². The van der Waals surface area contributed by atoms with E-state index in [0.29, 0.717) is 12.0 Å². The van der Waals surface area contributed by atoms with E-state index in [9.17, 15) is 0 Å². The van der Waals surface area contributed by atoms with Crippen LogP contribution in [-0.4, -0.2) is 13.2 Å². The largest absolute Gasteiger partial charge is 0.496 e. The molecule has 2 nitrogen and oxygen atoms in total. The van der Waals surface area contributed by atoms with Crippen molar-refractivity contribution < 1.29 is 4.74 Å². The third-order valence-corrected chi connectivity index (χ3v) is 2.95. The Hall–Kier alpha value is -1.02. The first-order valence-corrected chi connectivity index (χ1v) is 5.18. The Morgan fingerprint density at radius 3 is 2.71 bits per heavy atom. The Morgan fingerprint density at radius 2 is 2.21 bits per heavy atom. The molecule has 2 unspecified atom stereocenters. The summed E-state index contributed by atoms with van der Waals surface area (Å²) in [5, 5.41) is 0. The lowest BCUT2D eigenvalue weighted by molar-refractivity contribution is 0.410. The number of methoxy groups -OCH3 is 1. The van der Waals surface area contributed by atoms with E-state index in [4.69, 9.17) is 10.5 Å². The van der Waals surface area contributed by atoms with Gasteiger partial charge in [-0.05, 0) is 30.0 Å². The molecule has 2 N–H and O–H groups in total. The predicted octanol–water partition coefficient (Wildman–Crippen LogP) is 2.07. The molecule has 0 aromatic heterocycles. The van der Waals surface area contributed by atoms with Gasteiger partial charge in [0.2, 0.25) is 0 Å². The van der Waals surface area contributed by atoms with Crippen LogP contribution in [0.15, 0.2) is 18.2 Å². The molecule has 1 aliphatic carbocycles. The van der Waals surface area contributed by atoms with Crippen LogP contribution in [0.2, 0.25) is 0 Å². The Bertz CT molecular complexity index is 335. The van der Waals surface area contributed by atoms with Crippen molar-refractivity contribution in [1.82, 2.24) is 0 Å². The van der Waals surface area contributed by atoms with Gasteiger partial charge in [-0.15, -0.1) is 0 Å². The van der Waals surface area contributed by atoms with Crippen LogP contribution in [0.1, 0.15) is 30.4 Å². The maximum atomic E-state index is 5.83. The van der Waals surface area contributed by atoms with E-state index >= 15 is 0 Å². The number of aryl methyl sites for hydroxylation is 1. The van der Waals surface area contributed by atoms with E-state index < -0.39 is 0 Å². The molecule has 1 aromatic carbocycles. The fourth-order valence-corrected chi connectivity index (χ4v) is 1.90. The van der Waals surface area contributed by atoms with E-state index in [2.05, 4.69) is 25.1 Å². The summed E-state index contributed by atoms with van der Waals surface area (Å²) >= 11 is 0. The van der Waals surface area contributed by atoms with Gasteiger partial charge < -0.3 is 10.5 Å². The monoisotopic (exact) mass is 191 g/mol. The van der Waals surface area contributed by atoms with Crippen LogP contribution in [0.5, 0.6) is 5.75 Å². The van der Waals surface area contributed by atoms with E-state index in [-0.39, 0.29) is 0 Å². The highest BCUT2D eigenvalue weighted by atomic mass is 16.5. The molecule has 1 aromatic rings. The number of hydrogen-bond acceptors (Lipinski definition) is 2. The van der Waals surface area contributed by atoms with Crippen LogP contribution in [0.4, 0.5) is 0 Å². The summed E-state index contributed by atoms with van der Waals surface area (Å²) in [6.07, 6.45) is 2.15. The molecule has 2 heteroatoms. The number of benzene rings is 1. The zero-order valence-electron chi connectivity index (χ0n) is 8.79. The Kier molecular flexibility index (Phi) is 2.46. The molecular formula is C12H17NO. The Labute approximate surface area is 85.1 Å². The van der Waals surface area contributed by atoms with Crippen molar-refractivity contribution in [3.63, 3.8) is 0 Å². The molecule has 1 aliphatic rings. The van der Waals surface area contributed by atoms with Crippen LogP contribution in [0.25, 0.3) is 0 Å².